The lowest BCUT2D eigenvalue weighted by atomic mass is 10.1. The van der Waals surface area contributed by atoms with Crippen LogP contribution in [-0.2, 0) is 16.1 Å². The van der Waals surface area contributed by atoms with Gasteiger partial charge in [0.15, 0.2) is 6.61 Å². The van der Waals surface area contributed by atoms with Crippen LogP contribution in [0, 0.1) is 6.92 Å². The molecule has 1 atom stereocenters. The molecule has 2 amide bonds. The van der Waals surface area contributed by atoms with Gasteiger partial charge in [0.2, 0.25) is 5.91 Å². The maximum atomic E-state index is 13.2. The number of carbonyl (C=O) groups excluding carboxylic acids is 2. The molecule has 0 aliphatic rings. The third kappa shape index (κ3) is 7.75. The van der Waals surface area contributed by atoms with Gasteiger partial charge in [-0.15, -0.1) is 0 Å². The van der Waals surface area contributed by atoms with Crippen LogP contribution in [0.5, 0.6) is 5.75 Å². The van der Waals surface area contributed by atoms with E-state index in [4.69, 9.17) is 27.9 Å². The van der Waals surface area contributed by atoms with Crippen molar-refractivity contribution in [3.05, 3.63) is 63.6 Å². The number of amides is 2. The monoisotopic (exact) mass is 464 g/mol. The van der Waals surface area contributed by atoms with Crippen LogP contribution in [0.25, 0.3) is 0 Å². The minimum atomic E-state index is -0.651. The Hall–Kier alpha value is -2.24. The van der Waals surface area contributed by atoms with Gasteiger partial charge >= 0.3 is 0 Å². The van der Waals surface area contributed by atoms with Crippen molar-refractivity contribution in [2.45, 2.75) is 59.2 Å². The first-order valence-corrected chi connectivity index (χ1v) is 11.0. The molecule has 0 aromatic heterocycles. The highest BCUT2D eigenvalue weighted by Gasteiger charge is 2.31. The van der Waals surface area contributed by atoms with Crippen LogP contribution in [0.1, 0.15) is 45.2 Å². The Balaban J connectivity index is 2.27. The molecule has 0 spiro atoms. The lowest BCUT2D eigenvalue weighted by molar-refractivity contribution is -0.143. The number of nitrogens with one attached hydrogen (secondary N) is 1. The first kappa shape index (κ1) is 25.0. The molecule has 1 N–H and O–H groups in total. The molecule has 5 nitrogen and oxygen atoms in total. The Labute approximate surface area is 194 Å². The second-order valence-electron chi connectivity index (χ2n) is 8.54. The molecule has 2 rings (SSSR count). The second kappa shape index (κ2) is 10.9. The fourth-order valence-electron chi connectivity index (χ4n) is 3.14. The SMILES string of the molecule is CC[C@@H](C(=O)NC(C)(C)C)N(Cc1ccc(Cl)c(Cl)c1)C(=O)COc1cccc(C)c1. The van der Waals surface area contributed by atoms with Crippen molar-refractivity contribution in [1.82, 2.24) is 10.2 Å². The quantitative estimate of drug-likeness (QED) is 0.568. The Morgan fingerprint density at radius 2 is 1.81 bits per heavy atom. The maximum absolute atomic E-state index is 13.2. The lowest BCUT2D eigenvalue weighted by Crippen LogP contribution is -2.54. The zero-order chi connectivity index (χ0) is 23.2. The Kier molecular flexibility index (Phi) is 8.78. The zero-order valence-corrected chi connectivity index (χ0v) is 20.2. The molecule has 0 bridgehead atoms. The van der Waals surface area contributed by atoms with Gasteiger partial charge in [-0.25, -0.2) is 0 Å². The number of halogens is 2. The molecule has 0 aliphatic heterocycles. The minimum absolute atomic E-state index is 0.177. The van der Waals surface area contributed by atoms with Gasteiger partial charge in [-0.1, -0.05) is 48.3 Å². The van der Waals surface area contributed by atoms with E-state index in [2.05, 4.69) is 5.32 Å². The molecule has 2 aromatic rings. The van der Waals surface area contributed by atoms with Crippen LogP contribution in [0.4, 0.5) is 0 Å². The number of nitrogens with zero attached hydrogens (tertiary/aromatic N) is 1. The third-order valence-electron chi connectivity index (χ3n) is 4.57. The molecule has 0 saturated carbocycles. The summed E-state index contributed by atoms with van der Waals surface area (Å²) in [6.45, 7) is 9.59. The number of carbonyl (C=O) groups is 2. The fraction of sp³-hybridized carbons (Fsp3) is 0.417. The molecule has 7 heteroatoms. The summed E-state index contributed by atoms with van der Waals surface area (Å²) in [5.41, 5.74) is 1.40. The van der Waals surface area contributed by atoms with E-state index >= 15 is 0 Å². The van der Waals surface area contributed by atoms with Crippen molar-refractivity contribution < 1.29 is 14.3 Å². The summed E-state index contributed by atoms with van der Waals surface area (Å²) in [6.07, 6.45) is 0.458. The molecule has 168 valence electrons. The first-order chi connectivity index (χ1) is 14.5. The van der Waals surface area contributed by atoms with Gasteiger partial charge in [-0.05, 0) is 69.5 Å². The normalized spacial score (nSPS) is 12.2. The van der Waals surface area contributed by atoms with Gasteiger partial charge in [0, 0.05) is 12.1 Å². The molecule has 0 aliphatic carbocycles. The molecule has 0 radical (unpaired) electrons. The molecule has 0 fully saturated rings. The number of hydrogen-bond donors (Lipinski definition) is 1. The number of rotatable bonds is 8. The predicted molar refractivity (Wildman–Crippen MR) is 126 cm³/mol. The summed E-state index contributed by atoms with van der Waals surface area (Å²) < 4.78 is 5.72. The molecule has 0 heterocycles. The summed E-state index contributed by atoms with van der Waals surface area (Å²) in [4.78, 5) is 27.7. The topological polar surface area (TPSA) is 58.6 Å². The number of hydrogen-bond acceptors (Lipinski definition) is 3. The van der Waals surface area contributed by atoms with Gasteiger partial charge in [-0.2, -0.15) is 0 Å². The van der Waals surface area contributed by atoms with Crippen LogP contribution < -0.4 is 10.1 Å². The number of ether oxygens (including phenoxy) is 1. The van der Waals surface area contributed by atoms with Crippen LogP contribution in [-0.4, -0.2) is 34.9 Å². The van der Waals surface area contributed by atoms with Gasteiger partial charge < -0.3 is 15.0 Å². The van der Waals surface area contributed by atoms with Crippen LogP contribution in [0.2, 0.25) is 10.0 Å². The van der Waals surface area contributed by atoms with E-state index in [0.29, 0.717) is 22.2 Å². The van der Waals surface area contributed by atoms with E-state index in [1.807, 2.05) is 52.8 Å². The van der Waals surface area contributed by atoms with E-state index in [1.165, 1.54) is 4.90 Å². The van der Waals surface area contributed by atoms with Crippen molar-refractivity contribution in [3.8, 4) is 5.75 Å². The molecule has 0 unspecified atom stereocenters. The number of benzene rings is 2. The maximum Gasteiger partial charge on any atom is 0.261 e. The lowest BCUT2D eigenvalue weighted by Gasteiger charge is -2.33. The van der Waals surface area contributed by atoms with E-state index < -0.39 is 11.6 Å². The van der Waals surface area contributed by atoms with Crippen molar-refractivity contribution >= 4 is 35.0 Å². The van der Waals surface area contributed by atoms with E-state index in [-0.39, 0.29) is 25.0 Å². The molecule has 2 aromatic carbocycles. The largest absolute Gasteiger partial charge is 0.484 e. The average molecular weight is 465 g/mol. The van der Waals surface area contributed by atoms with Gasteiger partial charge in [0.25, 0.3) is 5.91 Å². The van der Waals surface area contributed by atoms with E-state index in [0.717, 1.165) is 11.1 Å². The standard InChI is InChI=1S/C24H30Cl2N2O3/c1-6-21(23(30)27-24(3,4)5)28(14-17-10-11-19(25)20(26)13-17)22(29)15-31-18-9-7-8-16(2)12-18/h7-13,21H,6,14-15H2,1-5H3,(H,27,30)/t21-/m0/s1. The Morgan fingerprint density at radius 1 is 1.10 bits per heavy atom. The summed E-state index contributed by atoms with van der Waals surface area (Å²) in [7, 11) is 0. The first-order valence-electron chi connectivity index (χ1n) is 10.2. The highest BCUT2D eigenvalue weighted by atomic mass is 35.5. The second-order valence-corrected chi connectivity index (χ2v) is 9.35. The van der Waals surface area contributed by atoms with Crippen molar-refractivity contribution in [3.63, 3.8) is 0 Å². The van der Waals surface area contributed by atoms with Gasteiger partial charge in [-0.3, -0.25) is 9.59 Å². The third-order valence-corrected chi connectivity index (χ3v) is 5.31. The smallest absolute Gasteiger partial charge is 0.261 e. The van der Waals surface area contributed by atoms with Crippen molar-refractivity contribution in [2.24, 2.45) is 0 Å². The summed E-state index contributed by atoms with van der Waals surface area (Å²) in [5, 5.41) is 3.80. The van der Waals surface area contributed by atoms with Crippen LogP contribution >= 0.6 is 23.2 Å². The molecule has 31 heavy (non-hydrogen) atoms. The summed E-state index contributed by atoms with van der Waals surface area (Å²) >= 11 is 12.2. The summed E-state index contributed by atoms with van der Waals surface area (Å²) in [6, 6.07) is 12.0. The Morgan fingerprint density at radius 3 is 2.39 bits per heavy atom. The van der Waals surface area contributed by atoms with Gasteiger partial charge in [0.05, 0.1) is 10.0 Å². The predicted octanol–water partition coefficient (Wildman–Crippen LogP) is 5.40. The van der Waals surface area contributed by atoms with Crippen LogP contribution in [0.3, 0.4) is 0 Å². The fourth-order valence-corrected chi connectivity index (χ4v) is 3.46. The molecular formula is C24H30Cl2N2O3. The highest BCUT2D eigenvalue weighted by molar-refractivity contribution is 6.42. The van der Waals surface area contributed by atoms with E-state index in [9.17, 15) is 9.59 Å². The Bertz CT molecular complexity index is 925. The van der Waals surface area contributed by atoms with Crippen LogP contribution in [0.15, 0.2) is 42.5 Å². The molecule has 0 saturated heterocycles. The van der Waals surface area contributed by atoms with Gasteiger partial charge in [0.1, 0.15) is 11.8 Å². The molecular weight excluding hydrogens is 435 g/mol. The van der Waals surface area contributed by atoms with Crippen molar-refractivity contribution in [2.75, 3.05) is 6.61 Å². The highest BCUT2D eigenvalue weighted by Crippen LogP contribution is 2.24. The number of aryl methyl sites for hydroxylation is 1. The summed E-state index contributed by atoms with van der Waals surface area (Å²) in [5.74, 6) is 0.109. The average Bonchev–Trinajstić information content (AvgIpc) is 2.67. The van der Waals surface area contributed by atoms with E-state index in [1.54, 1.807) is 24.3 Å². The van der Waals surface area contributed by atoms with Crippen molar-refractivity contribution in [1.29, 1.82) is 0 Å². The minimum Gasteiger partial charge on any atom is -0.484 e. The zero-order valence-electron chi connectivity index (χ0n) is 18.7.